The maximum absolute atomic E-state index is 11.7. The number of rotatable bonds is 10. The van der Waals surface area contributed by atoms with Crippen molar-refractivity contribution in [3.63, 3.8) is 0 Å². The number of aryl methyl sites for hydroxylation is 1. The molecule has 0 spiro atoms. The van der Waals surface area contributed by atoms with Crippen molar-refractivity contribution in [1.29, 1.82) is 0 Å². The fourth-order valence-corrected chi connectivity index (χ4v) is 3.21. The fraction of sp³-hybridized carbons (Fsp3) is 0.611. The molecule has 0 aliphatic carbocycles. The Morgan fingerprint density at radius 3 is 2.56 bits per heavy atom. The van der Waals surface area contributed by atoms with Crippen molar-refractivity contribution in [3.05, 3.63) is 29.3 Å². The molecule has 0 saturated heterocycles. The van der Waals surface area contributed by atoms with E-state index in [1.54, 1.807) is 21.0 Å². The van der Waals surface area contributed by atoms with Gasteiger partial charge in [-0.15, -0.1) is 24.0 Å². The molecule has 0 aliphatic rings. The Morgan fingerprint density at radius 1 is 1.26 bits per heavy atom. The van der Waals surface area contributed by atoms with Crippen molar-refractivity contribution >= 4 is 40.0 Å². The van der Waals surface area contributed by atoms with Gasteiger partial charge in [-0.3, -0.25) is 4.99 Å². The molecule has 1 rings (SSSR count). The van der Waals surface area contributed by atoms with Crippen molar-refractivity contribution in [2.75, 3.05) is 39.5 Å². The molecule has 0 heterocycles. The molecule has 1 aromatic rings. The van der Waals surface area contributed by atoms with Crippen LogP contribution in [0.4, 0.5) is 0 Å². The van der Waals surface area contributed by atoms with E-state index in [-0.39, 0.29) is 29.7 Å². The molecule has 7 nitrogen and oxygen atoms in total. The molecule has 2 N–H and O–H groups in total. The second-order valence-corrected chi connectivity index (χ2v) is 8.34. The van der Waals surface area contributed by atoms with Gasteiger partial charge in [-0.05, 0) is 38.8 Å². The van der Waals surface area contributed by atoms with Crippen LogP contribution in [-0.2, 0) is 16.6 Å². The van der Waals surface area contributed by atoms with E-state index in [1.165, 1.54) is 4.31 Å². The third kappa shape index (κ3) is 9.11. The average Bonchev–Trinajstić information content (AvgIpc) is 2.62. The largest absolute Gasteiger partial charge is 0.494 e. The third-order valence-electron chi connectivity index (χ3n) is 3.97. The standard InChI is InChI=1S/C18H32N4O3S.HI/c1-6-25-17-13-15(3)9-10-16(17)14-21-18(19-4)20-11-8-12-22(5)26(23,24)7-2;/h9-10,13H,6-8,11-12,14H2,1-5H3,(H2,19,20,21);1H. The smallest absolute Gasteiger partial charge is 0.213 e. The van der Waals surface area contributed by atoms with Crippen molar-refractivity contribution in [2.45, 2.75) is 33.7 Å². The van der Waals surface area contributed by atoms with Crippen LogP contribution in [0, 0.1) is 6.92 Å². The zero-order chi connectivity index (χ0) is 19.6. The number of guanidine groups is 1. The zero-order valence-corrected chi connectivity index (χ0v) is 20.1. The molecule has 0 fully saturated rings. The molecular weight excluding hydrogens is 479 g/mol. The predicted octanol–water partition coefficient (Wildman–Crippen LogP) is 2.35. The lowest BCUT2D eigenvalue weighted by atomic mass is 10.1. The Hall–Kier alpha value is -1.07. The lowest BCUT2D eigenvalue weighted by Gasteiger charge is -2.17. The summed E-state index contributed by atoms with van der Waals surface area (Å²) in [5.74, 6) is 1.68. The summed E-state index contributed by atoms with van der Waals surface area (Å²) in [6.45, 7) is 7.99. The highest BCUT2D eigenvalue weighted by Gasteiger charge is 2.14. The summed E-state index contributed by atoms with van der Waals surface area (Å²) in [6.07, 6.45) is 0.700. The highest BCUT2D eigenvalue weighted by molar-refractivity contribution is 14.0. The minimum atomic E-state index is -3.12. The molecule has 0 aromatic heterocycles. The van der Waals surface area contributed by atoms with Gasteiger partial charge in [0.1, 0.15) is 5.75 Å². The average molecular weight is 512 g/mol. The second kappa shape index (κ2) is 13.2. The van der Waals surface area contributed by atoms with E-state index in [9.17, 15) is 8.42 Å². The number of aliphatic imine (C=N–C) groups is 1. The quantitative estimate of drug-likeness (QED) is 0.218. The SMILES string of the molecule is CCOc1cc(C)ccc1CNC(=NC)NCCCN(C)S(=O)(=O)CC.I. The molecule has 1 aromatic carbocycles. The van der Waals surface area contributed by atoms with Crippen molar-refractivity contribution in [2.24, 2.45) is 4.99 Å². The number of hydrogen-bond donors (Lipinski definition) is 2. The van der Waals surface area contributed by atoms with Crippen LogP contribution in [0.3, 0.4) is 0 Å². The first-order chi connectivity index (χ1) is 12.3. The summed E-state index contributed by atoms with van der Waals surface area (Å²) in [7, 11) is 0.201. The van der Waals surface area contributed by atoms with Gasteiger partial charge in [-0.25, -0.2) is 12.7 Å². The zero-order valence-electron chi connectivity index (χ0n) is 16.9. The number of sulfonamides is 1. The minimum Gasteiger partial charge on any atom is -0.494 e. The van der Waals surface area contributed by atoms with Crippen LogP contribution in [0.2, 0.25) is 0 Å². The number of benzene rings is 1. The van der Waals surface area contributed by atoms with E-state index in [1.807, 2.05) is 26.0 Å². The molecule has 0 saturated carbocycles. The maximum Gasteiger partial charge on any atom is 0.213 e. The van der Waals surface area contributed by atoms with Crippen LogP contribution in [0.5, 0.6) is 5.75 Å². The highest BCUT2D eigenvalue weighted by Crippen LogP contribution is 2.20. The van der Waals surface area contributed by atoms with Crippen molar-refractivity contribution in [3.8, 4) is 5.75 Å². The Labute approximate surface area is 181 Å². The molecule has 0 aliphatic heterocycles. The topological polar surface area (TPSA) is 83.0 Å². The first kappa shape index (κ1) is 25.9. The number of nitrogens with zero attached hydrogens (tertiary/aromatic N) is 2. The van der Waals surface area contributed by atoms with Crippen LogP contribution >= 0.6 is 24.0 Å². The van der Waals surface area contributed by atoms with Crippen molar-refractivity contribution in [1.82, 2.24) is 14.9 Å². The predicted molar refractivity (Wildman–Crippen MR) is 123 cm³/mol. The van der Waals surface area contributed by atoms with Crippen LogP contribution in [0.1, 0.15) is 31.4 Å². The summed E-state index contributed by atoms with van der Waals surface area (Å²) in [5.41, 5.74) is 2.22. The van der Waals surface area contributed by atoms with Crippen molar-refractivity contribution < 1.29 is 13.2 Å². The van der Waals surface area contributed by atoms with Gasteiger partial charge in [0.15, 0.2) is 5.96 Å². The first-order valence-corrected chi connectivity index (χ1v) is 10.6. The Kier molecular flexibility index (Phi) is 12.6. The van der Waals surface area contributed by atoms with Gasteiger partial charge in [-0.1, -0.05) is 12.1 Å². The molecule has 0 unspecified atom stereocenters. The van der Waals surface area contributed by atoms with Gasteiger partial charge in [0, 0.05) is 39.3 Å². The number of nitrogens with one attached hydrogen (secondary N) is 2. The van der Waals surface area contributed by atoms with Gasteiger partial charge in [0.25, 0.3) is 0 Å². The third-order valence-corrected chi connectivity index (χ3v) is 5.84. The minimum absolute atomic E-state index is 0. The van der Waals surface area contributed by atoms with Crippen LogP contribution < -0.4 is 15.4 Å². The van der Waals surface area contributed by atoms with Crippen LogP contribution in [0.25, 0.3) is 0 Å². The van der Waals surface area contributed by atoms with E-state index < -0.39 is 10.0 Å². The summed E-state index contributed by atoms with van der Waals surface area (Å²) >= 11 is 0. The molecule has 0 atom stereocenters. The molecule has 27 heavy (non-hydrogen) atoms. The number of ether oxygens (including phenoxy) is 1. The Balaban J connectivity index is 0.00000676. The van der Waals surface area contributed by atoms with Gasteiger partial charge >= 0.3 is 0 Å². The molecule has 9 heteroatoms. The molecule has 0 bridgehead atoms. The number of halogens is 1. The monoisotopic (exact) mass is 512 g/mol. The fourth-order valence-electron chi connectivity index (χ4n) is 2.37. The van der Waals surface area contributed by atoms with E-state index >= 15 is 0 Å². The molecule has 156 valence electrons. The summed E-state index contributed by atoms with van der Waals surface area (Å²) in [5, 5.41) is 6.46. The lowest BCUT2D eigenvalue weighted by Crippen LogP contribution is -2.38. The van der Waals surface area contributed by atoms with E-state index in [0.717, 1.165) is 16.9 Å². The van der Waals surface area contributed by atoms with Gasteiger partial charge in [0.2, 0.25) is 10.0 Å². The summed E-state index contributed by atoms with van der Waals surface area (Å²) in [4.78, 5) is 4.20. The summed E-state index contributed by atoms with van der Waals surface area (Å²) in [6, 6.07) is 6.13. The van der Waals surface area contributed by atoms with E-state index in [4.69, 9.17) is 4.74 Å². The normalized spacial score (nSPS) is 11.9. The highest BCUT2D eigenvalue weighted by atomic mass is 127. The van der Waals surface area contributed by atoms with Gasteiger partial charge in [0.05, 0.1) is 12.4 Å². The van der Waals surface area contributed by atoms with Gasteiger partial charge in [-0.2, -0.15) is 0 Å². The van der Waals surface area contributed by atoms with Crippen LogP contribution in [-0.4, -0.2) is 58.2 Å². The maximum atomic E-state index is 11.7. The molecule has 0 amide bonds. The van der Waals surface area contributed by atoms with E-state index in [0.29, 0.717) is 38.6 Å². The Morgan fingerprint density at radius 2 is 1.96 bits per heavy atom. The van der Waals surface area contributed by atoms with E-state index in [2.05, 4.69) is 21.7 Å². The first-order valence-electron chi connectivity index (χ1n) is 8.94. The number of hydrogen-bond acceptors (Lipinski definition) is 4. The molecular formula is C18H33IN4O3S. The Bertz CT molecular complexity index is 696. The van der Waals surface area contributed by atoms with Gasteiger partial charge < -0.3 is 15.4 Å². The lowest BCUT2D eigenvalue weighted by molar-refractivity contribution is 0.336. The molecule has 0 radical (unpaired) electrons. The van der Waals surface area contributed by atoms with Crippen LogP contribution in [0.15, 0.2) is 23.2 Å². The summed E-state index contributed by atoms with van der Waals surface area (Å²) < 4.78 is 30.5. The second-order valence-electron chi connectivity index (χ2n) is 5.97.